The zero-order valence-electron chi connectivity index (χ0n) is 14.3. The van der Waals surface area contributed by atoms with Gasteiger partial charge in [0.1, 0.15) is 28.7 Å². The van der Waals surface area contributed by atoms with Gasteiger partial charge in [-0.3, -0.25) is 0 Å². The molecule has 1 heterocycles. The van der Waals surface area contributed by atoms with Gasteiger partial charge < -0.3 is 15.4 Å². The van der Waals surface area contributed by atoms with E-state index in [1.807, 2.05) is 39.0 Å². The molecule has 0 saturated heterocycles. The molecule has 0 radical (unpaired) electrons. The van der Waals surface area contributed by atoms with Crippen molar-refractivity contribution in [3.63, 3.8) is 0 Å². The molecule has 132 valence electrons. The molecule has 2 N–H and O–H groups in total. The van der Waals surface area contributed by atoms with Crippen molar-refractivity contribution in [2.75, 3.05) is 5.32 Å². The van der Waals surface area contributed by atoms with Crippen LogP contribution in [0, 0.1) is 18.6 Å². The van der Waals surface area contributed by atoms with Crippen LogP contribution in [0.2, 0.25) is 0 Å². The first-order valence-electron chi connectivity index (χ1n) is 8.06. The minimum atomic E-state index is -0.688. The van der Waals surface area contributed by atoms with Crippen LogP contribution >= 0.6 is 12.2 Å². The number of hydrogen-bond acceptors (Lipinski definition) is 2. The molecule has 0 saturated carbocycles. The van der Waals surface area contributed by atoms with E-state index in [4.69, 9.17) is 17.0 Å². The van der Waals surface area contributed by atoms with Gasteiger partial charge in [-0.25, -0.2) is 8.78 Å². The highest BCUT2D eigenvalue weighted by Gasteiger charge is 2.34. The molecule has 1 aliphatic heterocycles. The molecular formula is C19H20F2N2OS. The molecule has 1 atom stereocenters. The zero-order valence-corrected chi connectivity index (χ0v) is 15.1. The first-order valence-corrected chi connectivity index (χ1v) is 8.47. The summed E-state index contributed by atoms with van der Waals surface area (Å²) in [6.45, 7) is 6.00. The predicted octanol–water partition coefficient (Wildman–Crippen LogP) is 4.86. The van der Waals surface area contributed by atoms with Gasteiger partial charge >= 0.3 is 0 Å². The number of hydrogen-bond donors (Lipinski definition) is 2. The molecule has 6 heteroatoms. The Balaban J connectivity index is 1.82. The Bertz CT molecular complexity index is 803. The van der Waals surface area contributed by atoms with Crippen molar-refractivity contribution in [1.82, 2.24) is 5.32 Å². The smallest absolute Gasteiger partial charge is 0.171 e. The summed E-state index contributed by atoms with van der Waals surface area (Å²) >= 11 is 5.27. The van der Waals surface area contributed by atoms with Gasteiger partial charge in [0.15, 0.2) is 5.11 Å². The number of para-hydroxylation sites is 1. The topological polar surface area (TPSA) is 33.3 Å². The maximum Gasteiger partial charge on any atom is 0.171 e. The molecule has 0 amide bonds. The number of thiocarbonyl (C=S) groups is 1. The van der Waals surface area contributed by atoms with E-state index in [0.717, 1.165) is 16.9 Å². The third kappa shape index (κ3) is 3.90. The van der Waals surface area contributed by atoms with Crippen molar-refractivity contribution in [2.45, 2.75) is 38.8 Å². The van der Waals surface area contributed by atoms with Crippen molar-refractivity contribution >= 4 is 23.0 Å². The van der Waals surface area contributed by atoms with Crippen molar-refractivity contribution < 1.29 is 13.5 Å². The van der Waals surface area contributed by atoms with E-state index in [1.165, 1.54) is 18.2 Å². The van der Waals surface area contributed by atoms with Crippen LogP contribution < -0.4 is 15.4 Å². The second-order valence-corrected chi connectivity index (χ2v) is 7.26. The average molecular weight is 362 g/mol. The van der Waals surface area contributed by atoms with E-state index in [0.29, 0.717) is 6.42 Å². The van der Waals surface area contributed by atoms with Crippen LogP contribution in [0.3, 0.4) is 0 Å². The monoisotopic (exact) mass is 362 g/mol. The maximum atomic E-state index is 13.8. The van der Waals surface area contributed by atoms with Gasteiger partial charge in [0, 0.05) is 12.0 Å². The summed E-state index contributed by atoms with van der Waals surface area (Å²) in [5.74, 6) is -0.575. The summed E-state index contributed by atoms with van der Waals surface area (Å²) in [5, 5.41) is 5.95. The summed E-state index contributed by atoms with van der Waals surface area (Å²) in [6, 6.07) is 9.54. The molecule has 1 aliphatic rings. The standard InChI is InChI=1S/C19H20F2N2OS/c1-11-7-8-12-15(10-19(2,3)24-16(12)9-11)22-18(25)23-17-13(20)5-4-6-14(17)21/h4-9,15H,10H2,1-3H3,(H2,22,23,25)/t15-/m0/s1. The number of aryl methyl sites for hydroxylation is 1. The van der Waals surface area contributed by atoms with E-state index in [9.17, 15) is 8.78 Å². The van der Waals surface area contributed by atoms with Gasteiger partial charge in [-0.2, -0.15) is 0 Å². The number of rotatable bonds is 2. The molecule has 0 aliphatic carbocycles. The highest BCUT2D eigenvalue weighted by atomic mass is 32.1. The van der Waals surface area contributed by atoms with E-state index >= 15 is 0 Å². The summed E-state index contributed by atoms with van der Waals surface area (Å²) in [5.41, 5.74) is 1.44. The van der Waals surface area contributed by atoms with Crippen LogP contribution in [0.15, 0.2) is 36.4 Å². The second-order valence-electron chi connectivity index (χ2n) is 6.85. The lowest BCUT2D eigenvalue weighted by molar-refractivity contribution is 0.0696. The van der Waals surface area contributed by atoms with Gasteiger partial charge in [-0.15, -0.1) is 0 Å². The zero-order chi connectivity index (χ0) is 18.2. The fourth-order valence-corrected chi connectivity index (χ4v) is 3.26. The number of fused-ring (bicyclic) bond motifs is 1. The Morgan fingerprint density at radius 3 is 2.56 bits per heavy atom. The van der Waals surface area contributed by atoms with Gasteiger partial charge in [0.25, 0.3) is 0 Å². The second kappa shape index (κ2) is 6.59. The molecule has 0 fully saturated rings. The maximum absolute atomic E-state index is 13.8. The number of benzene rings is 2. The molecule has 25 heavy (non-hydrogen) atoms. The van der Waals surface area contributed by atoms with Crippen molar-refractivity contribution in [3.05, 3.63) is 59.2 Å². The van der Waals surface area contributed by atoms with E-state index in [2.05, 4.69) is 10.6 Å². The Hall–Kier alpha value is -2.21. The lowest BCUT2D eigenvalue weighted by Gasteiger charge is -2.38. The number of anilines is 1. The van der Waals surface area contributed by atoms with E-state index in [1.54, 1.807) is 0 Å². The van der Waals surface area contributed by atoms with Crippen molar-refractivity contribution in [1.29, 1.82) is 0 Å². The summed E-state index contributed by atoms with van der Waals surface area (Å²) in [7, 11) is 0. The SMILES string of the molecule is Cc1ccc2c(c1)OC(C)(C)C[C@@H]2NC(=S)Nc1c(F)cccc1F. The fourth-order valence-electron chi connectivity index (χ4n) is 3.01. The van der Waals surface area contributed by atoms with Gasteiger partial charge in [-0.1, -0.05) is 18.2 Å². The van der Waals surface area contributed by atoms with Crippen molar-refractivity contribution in [3.8, 4) is 5.75 Å². The van der Waals surface area contributed by atoms with Crippen LogP contribution in [-0.2, 0) is 0 Å². The van der Waals surface area contributed by atoms with Crippen LogP contribution in [0.25, 0.3) is 0 Å². The summed E-state index contributed by atoms with van der Waals surface area (Å²) in [4.78, 5) is 0. The Morgan fingerprint density at radius 2 is 1.88 bits per heavy atom. The molecule has 2 aromatic rings. The van der Waals surface area contributed by atoms with Crippen LogP contribution in [0.4, 0.5) is 14.5 Å². The predicted molar refractivity (Wildman–Crippen MR) is 99.0 cm³/mol. The molecule has 3 rings (SSSR count). The average Bonchev–Trinajstić information content (AvgIpc) is 2.49. The lowest BCUT2D eigenvalue weighted by Crippen LogP contribution is -2.42. The largest absolute Gasteiger partial charge is 0.487 e. The Kier molecular flexibility index (Phi) is 4.64. The third-order valence-corrected chi connectivity index (χ3v) is 4.35. The lowest BCUT2D eigenvalue weighted by atomic mass is 9.89. The highest BCUT2D eigenvalue weighted by molar-refractivity contribution is 7.80. The molecule has 0 spiro atoms. The fraction of sp³-hybridized carbons (Fsp3) is 0.316. The van der Waals surface area contributed by atoms with E-state index < -0.39 is 11.6 Å². The molecular weight excluding hydrogens is 342 g/mol. The van der Waals surface area contributed by atoms with E-state index in [-0.39, 0.29) is 22.4 Å². The molecule has 0 aromatic heterocycles. The van der Waals surface area contributed by atoms with Crippen LogP contribution in [-0.4, -0.2) is 10.7 Å². The first kappa shape index (κ1) is 17.6. The quantitative estimate of drug-likeness (QED) is 0.748. The molecule has 3 nitrogen and oxygen atoms in total. The Labute approximate surface area is 151 Å². The highest BCUT2D eigenvalue weighted by Crippen LogP contribution is 2.39. The van der Waals surface area contributed by atoms with Gasteiger partial charge in [-0.05, 0) is 56.8 Å². The molecule has 2 aromatic carbocycles. The van der Waals surface area contributed by atoms with Gasteiger partial charge in [0.2, 0.25) is 0 Å². The third-order valence-electron chi connectivity index (χ3n) is 4.13. The number of ether oxygens (including phenoxy) is 1. The normalized spacial score (nSPS) is 18.0. The van der Waals surface area contributed by atoms with Gasteiger partial charge in [0.05, 0.1) is 6.04 Å². The Morgan fingerprint density at radius 1 is 1.20 bits per heavy atom. The minimum absolute atomic E-state index is 0.116. The number of nitrogens with one attached hydrogen (secondary N) is 2. The van der Waals surface area contributed by atoms with Crippen LogP contribution in [0.5, 0.6) is 5.75 Å². The molecule has 0 bridgehead atoms. The minimum Gasteiger partial charge on any atom is -0.487 e. The molecule has 0 unspecified atom stereocenters. The summed E-state index contributed by atoms with van der Waals surface area (Å²) < 4.78 is 33.6. The van der Waals surface area contributed by atoms with Crippen LogP contribution in [0.1, 0.15) is 37.4 Å². The number of halogens is 2. The first-order chi connectivity index (χ1) is 11.7. The van der Waals surface area contributed by atoms with Crippen molar-refractivity contribution in [2.24, 2.45) is 0 Å². The summed E-state index contributed by atoms with van der Waals surface area (Å²) in [6.07, 6.45) is 0.671.